The van der Waals surface area contributed by atoms with E-state index in [4.69, 9.17) is 0 Å². The van der Waals surface area contributed by atoms with Crippen LogP contribution in [0.25, 0.3) is 0 Å². The van der Waals surface area contributed by atoms with E-state index in [9.17, 15) is 0 Å². The summed E-state index contributed by atoms with van der Waals surface area (Å²) in [5, 5.41) is 0. The Labute approximate surface area is 88.4 Å². The lowest BCUT2D eigenvalue weighted by molar-refractivity contribution is 0.917. The number of hydrogen-bond donors (Lipinski definition) is 0. The van der Waals surface area contributed by atoms with Gasteiger partial charge in [-0.2, -0.15) is 0 Å². The zero-order valence-corrected chi connectivity index (χ0v) is 9.77. The minimum absolute atomic E-state index is 1.16. The Morgan fingerprint density at radius 3 is 2.36 bits per heavy atom. The molecule has 78 valence electrons. The van der Waals surface area contributed by atoms with Gasteiger partial charge in [-0.3, -0.25) is 0 Å². The molecule has 0 atom stereocenters. The lowest BCUT2D eigenvalue weighted by Crippen LogP contribution is -1.81. The number of hydrogen-bond acceptors (Lipinski definition) is 0. The third-order valence-electron chi connectivity index (χ3n) is 2.79. The van der Waals surface area contributed by atoms with Gasteiger partial charge in [0.15, 0.2) is 0 Å². The highest BCUT2D eigenvalue weighted by Gasteiger charge is 2.02. The summed E-state index contributed by atoms with van der Waals surface area (Å²) < 4.78 is 0. The molecule has 0 aromatic rings. The minimum atomic E-state index is 1.16. The Bertz CT molecular complexity index is 264. The van der Waals surface area contributed by atoms with Crippen molar-refractivity contribution in [3.8, 4) is 0 Å². The first-order valence-corrected chi connectivity index (χ1v) is 5.89. The van der Waals surface area contributed by atoms with Gasteiger partial charge in [0.1, 0.15) is 0 Å². The molecule has 0 aliphatic heterocycles. The lowest BCUT2D eigenvalue weighted by Gasteiger charge is -2.01. The standard InChI is InChI=1S/C14H22/c1-4-7-14-10-12(5-2)8-9-13(6-3)11-14/h8,10-11H,4-7,9H2,1-3H3. The molecule has 0 heteroatoms. The fraction of sp³-hybridized carbons (Fsp3) is 0.571. The predicted molar refractivity (Wildman–Crippen MR) is 64.4 cm³/mol. The maximum Gasteiger partial charge on any atom is -0.0130 e. The fourth-order valence-electron chi connectivity index (χ4n) is 1.85. The van der Waals surface area contributed by atoms with Crippen LogP contribution in [0.15, 0.2) is 34.9 Å². The average Bonchev–Trinajstić information content (AvgIpc) is 2.40. The maximum absolute atomic E-state index is 2.41. The van der Waals surface area contributed by atoms with Crippen molar-refractivity contribution in [2.75, 3.05) is 0 Å². The summed E-state index contributed by atoms with van der Waals surface area (Å²) in [6.45, 7) is 6.74. The molecule has 1 aliphatic carbocycles. The molecule has 1 aliphatic rings. The molecule has 0 aromatic carbocycles. The van der Waals surface area contributed by atoms with E-state index in [1.54, 1.807) is 5.57 Å². The van der Waals surface area contributed by atoms with E-state index in [-0.39, 0.29) is 0 Å². The predicted octanol–water partition coefficient (Wildman–Crippen LogP) is 4.79. The van der Waals surface area contributed by atoms with Crippen LogP contribution in [0.1, 0.15) is 52.9 Å². The van der Waals surface area contributed by atoms with E-state index in [1.165, 1.54) is 30.4 Å². The smallest absolute Gasteiger partial charge is 0.0130 e. The maximum atomic E-state index is 2.41. The summed E-state index contributed by atoms with van der Waals surface area (Å²) in [6.07, 6.45) is 13.2. The highest BCUT2D eigenvalue weighted by atomic mass is 14.1. The first kappa shape index (κ1) is 11.3. The summed E-state index contributed by atoms with van der Waals surface area (Å²) in [5.41, 5.74) is 4.61. The van der Waals surface area contributed by atoms with Crippen LogP contribution >= 0.6 is 0 Å². The molecule has 0 bridgehead atoms. The van der Waals surface area contributed by atoms with Crippen LogP contribution in [0, 0.1) is 0 Å². The molecule has 0 nitrogen and oxygen atoms in total. The second-order valence-electron chi connectivity index (χ2n) is 3.96. The Balaban J connectivity index is 2.84. The quantitative estimate of drug-likeness (QED) is 0.598. The molecular weight excluding hydrogens is 168 g/mol. The molecule has 1 rings (SSSR count). The summed E-state index contributed by atoms with van der Waals surface area (Å²) in [4.78, 5) is 0. The van der Waals surface area contributed by atoms with Gasteiger partial charge in [-0.1, -0.05) is 56.6 Å². The van der Waals surface area contributed by atoms with E-state index in [0.29, 0.717) is 0 Å². The molecule has 0 aromatic heterocycles. The van der Waals surface area contributed by atoms with Crippen molar-refractivity contribution < 1.29 is 0 Å². The number of rotatable bonds is 4. The van der Waals surface area contributed by atoms with E-state index in [0.717, 1.165) is 12.8 Å². The van der Waals surface area contributed by atoms with E-state index < -0.39 is 0 Å². The van der Waals surface area contributed by atoms with Crippen LogP contribution < -0.4 is 0 Å². The van der Waals surface area contributed by atoms with Crippen LogP contribution in [-0.4, -0.2) is 0 Å². The molecule has 0 N–H and O–H groups in total. The first-order valence-electron chi connectivity index (χ1n) is 5.89. The van der Waals surface area contributed by atoms with Crippen molar-refractivity contribution in [2.24, 2.45) is 0 Å². The molecule has 0 unspecified atom stereocenters. The summed E-state index contributed by atoms with van der Waals surface area (Å²) in [5.74, 6) is 0. The van der Waals surface area contributed by atoms with Gasteiger partial charge in [-0.15, -0.1) is 0 Å². The van der Waals surface area contributed by atoms with E-state index in [1.807, 2.05) is 0 Å². The van der Waals surface area contributed by atoms with Crippen molar-refractivity contribution in [1.29, 1.82) is 0 Å². The van der Waals surface area contributed by atoms with Crippen molar-refractivity contribution >= 4 is 0 Å². The minimum Gasteiger partial charge on any atom is -0.0772 e. The third-order valence-corrected chi connectivity index (χ3v) is 2.79. The fourth-order valence-corrected chi connectivity index (χ4v) is 1.85. The van der Waals surface area contributed by atoms with Gasteiger partial charge in [-0.05, 0) is 31.3 Å². The molecule has 0 saturated carbocycles. The lowest BCUT2D eigenvalue weighted by atomic mass is 10.0. The van der Waals surface area contributed by atoms with Crippen LogP contribution in [0.2, 0.25) is 0 Å². The molecule has 0 spiro atoms. The second kappa shape index (κ2) is 5.85. The normalized spacial score (nSPS) is 16.9. The van der Waals surface area contributed by atoms with E-state index in [2.05, 4.69) is 39.0 Å². The van der Waals surface area contributed by atoms with Gasteiger partial charge >= 0.3 is 0 Å². The van der Waals surface area contributed by atoms with Gasteiger partial charge in [0.2, 0.25) is 0 Å². The van der Waals surface area contributed by atoms with E-state index >= 15 is 0 Å². The molecule has 0 radical (unpaired) electrons. The van der Waals surface area contributed by atoms with Crippen LogP contribution in [0.4, 0.5) is 0 Å². The molecule has 0 heterocycles. The highest BCUT2D eigenvalue weighted by Crippen LogP contribution is 2.22. The van der Waals surface area contributed by atoms with Crippen LogP contribution in [0.3, 0.4) is 0 Å². The molecule has 0 amide bonds. The second-order valence-corrected chi connectivity index (χ2v) is 3.96. The Kier molecular flexibility index (Phi) is 4.72. The van der Waals surface area contributed by atoms with Gasteiger partial charge in [0.25, 0.3) is 0 Å². The largest absolute Gasteiger partial charge is 0.0772 e. The van der Waals surface area contributed by atoms with Gasteiger partial charge in [-0.25, -0.2) is 0 Å². The third kappa shape index (κ3) is 3.17. The number of allylic oxidation sites excluding steroid dienone is 6. The van der Waals surface area contributed by atoms with Crippen molar-refractivity contribution in [3.05, 3.63) is 34.9 Å². The Morgan fingerprint density at radius 1 is 1.00 bits per heavy atom. The first-order chi connectivity index (χ1) is 6.80. The van der Waals surface area contributed by atoms with Gasteiger partial charge in [0.05, 0.1) is 0 Å². The monoisotopic (exact) mass is 190 g/mol. The van der Waals surface area contributed by atoms with Crippen LogP contribution in [-0.2, 0) is 0 Å². The molecule has 14 heavy (non-hydrogen) atoms. The zero-order chi connectivity index (χ0) is 10.4. The molecule has 0 fully saturated rings. The molecular formula is C14H22. The zero-order valence-electron chi connectivity index (χ0n) is 9.77. The summed E-state index contributed by atoms with van der Waals surface area (Å²) >= 11 is 0. The highest BCUT2D eigenvalue weighted by molar-refractivity contribution is 5.36. The average molecular weight is 190 g/mol. The van der Waals surface area contributed by atoms with Gasteiger partial charge in [0, 0.05) is 0 Å². The van der Waals surface area contributed by atoms with Gasteiger partial charge < -0.3 is 0 Å². The van der Waals surface area contributed by atoms with Crippen molar-refractivity contribution in [2.45, 2.75) is 52.9 Å². The summed E-state index contributed by atoms with van der Waals surface area (Å²) in [7, 11) is 0. The molecule has 0 saturated heterocycles. The SMILES string of the molecule is CCCC1=CC(CC)=CCC(CC)=C1. The Hall–Kier alpha value is -0.780. The Morgan fingerprint density at radius 2 is 1.79 bits per heavy atom. The topological polar surface area (TPSA) is 0 Å². The summed E-state index contributed by atoms with van der Waals surface area (Å²) in [6, 6.07) is 0. The van der Waals surface area contributed by atoms with Crippen molar-refractivity contribution in [3.63, 3.8) is 0 Å². The van der Waals surface area contributed by atoms with Crippen LogP contribution in [0.5, 0.6) is 0 Å². The van der Waals surface area contributed by atoms with Crippen molar-refractivity contribution in [1.82, 2.24) is 0 Å².